The Morgan fingerprint density at radius 3 is 2.87 bits per heavy atom. The van der Waals surface area contributed by atoms with Crippen LogP contribution in [-0.2, 0) is 0 Å². The second-order valence-electron chi connectivity index (χ2n) is 3.64. The summed E-state index contributed by atoms with van der Waals surface area (Å²) in [4.78, 5) is 17.6. The molecule has 1 aromatic rings. The molecule has 0 aliphatic carbocycles. The molecular formula is C11H17N3O. The lowest BCUT2D eigenvalue weighted by Crippen LogP contribution is -2.35. The van der Waals surface area contributed by atoms with Crippen molar-refractivity contribution in [2.24, 2.45) is 0 Å². The zero-order chi connectivity index (χ0) is 11.4. The predicted octanol–water partition coefficient (Wildman–Crippen LogP) is 1.53. The van der Waals surface area contributed by atoms with E-state index in [1.165, 1.54) is 6.20 Å². The highest BCUT2D eigenvalue weighted by atomic mass is 16.2. The zero-order valence-corrected chi connectivity index (χ0v) is 9.40. The molecule has 1 unspecified atom stereocenters. The molecule has 1 rings (SSSR count). The van der Waals surface area contributed by atoms with Crippen molar-refractivity contribution in [2.75, 3.05) is 12.8 Å². The molecule has 1 amide bonds. The standard InChI is InChI=1S/C11H17N3O/c1-4-8(2)14(3)11(15)9-7-13-6-5-10(9)12/h5-8H,4H2,1-3H3,(H2,12,13). The minimum atomic E-state index is -0.0741. The molecule has 0 aromatic carbocycles. The molecule has 4 heteroatoms. The summed E-state index contributed by atoms with van der Waals surface area (Å²) in [7, 11) is 1.78. The molecule has 0 bridgehead atoms. The van der Waals surface area contributed by atoms with Gasteiger partial charge in [-0.1, -0.05) is 6.92 Å². The second-order valence-corrected chi connectivity index (χ2v) is 3.64. The third-order valence-electron chi connectivity index (χ3n) is 2.66. The van der Waals surface area contributed by atoms with E-state index in [1.54, 1.807) is 24.2 Å². The number of pyridine rings is 1. The van der Waals surface area contributed by atoms with Gasteiger partial charge in [-0.2, -0.15) is 0 Å². The number of carbonyl (C=O) groups is 1. The van der Waals surface area contributed by atoms with Gasteiger partial charge >= 0.3 is 0 Å². The Morgan fingerprint density at radius 2 is 2.33 bits per heavy atom. The zero-order valence-electron chi connectivity index (χ0n) is 9.40. The molecule has 0 fully saturated rings. The SMILES string of the molecule is CCC(C)N(C)C(=O)c1cnccc1N. The number of hydrogen-bond acceptors (Lipinski definition) is 3. The Balaban J connectivity index is 2.90. The summed E-state index contributed by atoms with van der Waals surface area (Å²) in [5.41, 5.74) is 6.66. The molecule has 0 saturated carbocycles. The Morgan fingerprint density at radius 1 is 1.67 bits per heavy atom. The summed E-state index contributed by atoms with van der Waals surface area (Å²) in [5, 5.41) is 0. The average Bonchev–Trinajstić information content (AvgIpc) is 2.26. The van der Waals surface area contributed by atoms with Crippen LogP contribution in [-0.4, -0.2) is 28.9 Å². The van der Waals surface area contributed by atoms with Crippen molar-refractivity contribution < 1.29 is 4.79 Å². The van der Waals surface area contributed by atoms with Crippen LogP contribution in [0.3, 0.4) is 0 Å². The van der Waals surface area contributed by atoms with Gasteiger partial charge in [-0.05, 0) is 19.4 Å². The van der Waals surface area contributed by atoms with E-state index >= 15 is 0 Å². The first-order valence-electron chi connectivity index (χ1n) is 5.04. The number of nitrogens with zero attached hydrogens (tertiary/aromatic N) is 2. The molecule has 0 aliphatic rings. The normalized spacial score (nSPS) is 12.2. The first kappa shape index (κ1) is 11.5. The summed E-state index contributed by atoms with van der Waals surface area (Å²) in [6.45, 7) is 4.05. The Bertz CT molecular complexity index is 351. The molecule has 1 atom stereocenters. The van der Waals surface area contributed by atoms with E-state index in [9.17, 15) is 4.79 Å². The molecular weight excluding hydrogens is 190 g/mol. The van der Waals surface area contributed by atoms with Crippen LogP contribution >= 0.6 is 0 Å². The van der Waals surface area contributed by atoms with E-state index in [0.29, 0.717) is 11.3 Å². The molecule has 4 nitrogen and oxygen atoms in total. The number of anilines is 1. The van der Waals surface area contributed by atoms with Crippen molar-refractivity contribution in [1.29, 1.82) is 0 Å². The monoisotopic (exact) mass is 207 g/mol. The van der Waals surface area contributed by atoms with Gasteiger partial charge in [0.05, 0.1) is 5.56 Å². The molecule has 0 radical (unpaired) electrons. The van der Waals surface area contributed by atoms with Crippen molar-refractivity contribution in [3.8, 4) is 0 Å². The third kappa shape index (κ3) is 2.46. The number of rotatable bonds is 3. The number of carbonyl (C=O) groups excluding carboxylic acids is 1. The van der Waals surface area contributed by atoms with E-state index in [1.807, 2.05) is 13.8 Å². The quantitative estimate of drug-likeness (QED) is 0.817. The lowest BCUT2D eigenvalue weighted by Gasteiger charge is -2.24. The molecule has 2 N–H and O–H groups in total. The fourth-order valence-corrected chi connectivity index (χ4v) is 1.25. The maximum atomic E-state index is 12.0. The molecule has 0 saturated heterocycles. The molecule has 15 heavy (non-hydrogen) atoms. The topological polar surface area (TPSA) is 59.2 Å². The van der Waals surface area contributed by atoms with Gasteiger partial charge in [0.1, 0.15) is 0 Å². The highest BCUT2D eigenvalue weighted by Gasteiger charge is 2.18. The van der Waals surface area contributed by atoms with Gasteiger partial charge in [0.2, 0.25) is 0 Å². The van der Waals surface area contributed by atoms with Gasteiger partial charge < -0.3 is 10.6 Å². The lowest BCUT2D eigenvalue weighted by molar-refractivity contribution is 0.0741. The summed E-state index contributed by atoms with van der Waals surface area (Å²) < 4.78 is 0. The van der Waals surface area contributed by atoms with Crippen LogP contribution in [0.2, 0.25) is 0 Å². The van der Waals surface area contributed by atoms with Crippen LogP contribution in [0.1, 0.15) is 30.6 Å². The van der Waals surface area contributed by atoms with Gasteiger partial charge in [0.25, 0.3) is 5.91 Å². The third-order valence-corrected chi connectivity index (χ3v) is 2.66. The summed E-state index contributed by atoms with van der Waals surface area (Å²) in [6, 6.07) is 1.84. The number of nitrogens with two attached hydrogens (primary N) is 1. The van der Waals surface area contributed by atoms with Crippen LogP contribution in [0.4, 0.5) is 5.69 Å². The number of aromatic nitrogens is 1. The van der Waals surface area contributed by atoms with Crippen molar-refractivity contribution in [2.45, 2.75) is 26.3 Å². The van der Waals surface area contributed by atoms with Gasteiger partial charge in [-0.3, -0.25) is 9.78 Å². The maximum absolute atomic E-state index is 12.0. The fourth-order valence-electron chi connectivity index (χ4n) is 1.25. The Hall–Kier alpha value is -1.58. The van der Waals surface area contributed by atoms with Crippen LogP contribution in [0.5, 0.6) is 0 Å². The van der Waals surface area contributed by atoms with Crippen LogP contribution in [0, 0.1) is 0 Å². The Kier molecular flexibility index (Phi) is 3.66. The van der Waals surface area contributed by atoms with Gasteiger partial charge in [0, 0.05) is 31.2 Å². The number of hydrogen-bond donors (Lipinski definition) is 1. The van der Waals surface area contributed by atoms with E-state index < -0.39 is 0 Å². The molecule has 82 valence electrons. The van der Waals surface area contributed by atoms with Gasteiger partial charge in [0.15, 0.2) is 0 Å². The number of amides is 1. The van der Waals surface area contributed by atoms with Crippen molar-refractivity contribution in [3.05, 3.63) is 24.0 Å². The molecule has 1 heterocycles. The Labute approximate surface area is 90.1 Å². The molecule has 0 spiro atoms. The largest absolute Gasteiger partial charge is 0.398 e. The van der Waals surface area contributed by atoms with E-state index in [0.717, 1.165) is 6.42 Å². The molecule has 1 aromatic heterocycles. The minimum Gasteiger partial charge on any atom is -0.398 e. The highest BCUT2D eigenvalue weighted by Crippen LogP contribution is 2.13. The summed E-state index contributed by atoms with van der Waals surface area (Å²) in [5.74, 6) is -0.0741. The summed E-state index contributed by atoms with van der Waals surface area (Å²) in [6.07, 6.45) is 4.01. The first-order valence-corrected chi connectivity index (χ1v) is 5.04. The van der Waals surface area contributed by atoms with Gasteiger partial charge in [-0.15, -0.1) is 0 Å². The van der Waals surface area contributed by atoms with E-state index in [-0.39, 0.29) is 11.9 Å². The van der Waals surface area contributed by atoms with E-state index in [4.69, 9.17) is 5.73 Å². The van der Waals surface area contributed by atoms with Crippen LogP contribution in [0.25, 0.3) is 0 Å². The first-order chi connectivity index (χ1) is 7.07. The maximum Gasteiger partial charge on any atom is 0.257 e. The van der Waals surface area contributed by atoms with Crippen LogP contribution < -0.4 is 5.73 Å². The number of nitrogen functional groups attached to an aromatic ring is 1. The molecule has 0 aliphatic heterocycles. The van der Waals surface area contributed by atoms with E-state index in [2.05, 4.69) is 4.98 Å². The van der Waals surface area contributed by atoms with Crippen molar-refractivity contribution in [1.82, 2.24) is 9.88 Å². The lowest BCUT2D eigenvalue weighted by atomic mass is 10.1. The minimum absolute atomic E-state index is 0.0741. The van der Waals surface area contributed by atoms with Crippen molar-refractivity contribution >= 4 is 11.6 Å². The average molecular weight is 207 g/mol. The predicted molar refractivity (Wildman–Crippen MR) is 60.5 cm³/mol. The second kappa shape index (κ2) is 4.77. The van der Waals surface area contributed by atoms with Gasteiger partial charge in [-0.25, -0.2) is 0 Å². The van der Waals surface area contributed by atoms with Crippen LogP contribution in [0.15, 0.2) is 18.5 Å². The smallest absolute Gasteiger partial charge is 0.257 e. The summed E-state index contributed by atoms with van der Waals surface area (Å²) >= 11 is 0. The van der Waals surface area contributed by atoms with Crippen molar-refractivity contribution in [3.63, 3.8) is 0 Å². The fraction of sp³-hybridized carbons (Fsp3) is 0.455. The highest BCUT2D eigenvalue weighted by molar-refractivity contribution is 5.98.